The first-order valence-electron chi connectivity index (χ1n) is 6.60. The third-order valence-electron chi connectivity index (χ3n) is 2.93. The predicted octanol–water partition coefficient (Wildman–Crippen LogP) is 1.72. The SMILES string of the molecule is CCOCC(O)CNCc1cccc2cccnc12. The van der Waals surface area contributed by atoms with Crippen LogP contribution in [0.2, 0.25) is 0 Å². The molecule has 0 aliphatic carbocycles. The second kappa shape index (κ2) is 7.19. The van der Waals surface area contributed by atoms with E-state index in [0.29, 0.717) is 26.3 Å². The molecule has 1 atom stereocenters. The summed E-state index contributed by atoms with van der Waals surface area (Å²) in [4.78, 5) is 4.40. The van der Waals surface area contributed by atoms with Gasteiger partial charge in [-0.1, -0.05) is 24.3 Å². The molecule has 0 saturated heterocycles. The van der Waals surface area contributed by atoms with Crippen LogP contribution in [0.4, 0.5) is 0 Å². The van der Waals surface area contributed by atoms with Crippen LogP contribution < -0.4 is 5.32 Å². The van der Waals surface area contributed by atoms with E-state index in [1.165, 1.54) is 0 Å². The Labute approximate surface area is 113 Å². The molecule has 2 N–H and O–H groups in total. The molecule has 19 heavy (non-hydrogen) atoms. The molecule has 0 spiro atoms. The van der Waals surface area contributed by atoms with Crippen molar-refractivity contribution in [3.05, 3.63) is 42.1 Å². The fourth-order valence-electron chi connectivity index (χ4n) is 2.00. The van der Waals surface area contributed by atoms with E-state index in [1.54, 1.807) is 6.20 Å². The summed E-state index contributed by atoms with van der Waals surface area (Å²) in [5.74, 6) is 0. The van der Waals surface area contributed by atoms with Gasteiger partial charge in [-0.3, -0.25) is 4.98 Å². The third kappa shape index (κ3) is 3.99. The first-order valence-corrected chi connectivity index (χ1v) is 6.60. The summed E-state index contributed by atoms with van der Waals surface area (Å²) < 4.78 is 5.17. The standard InChI is InChI=1S/C15H20N2O2/c1-2-19-11-14(18)10-16-9-13-6-3-5-12-7-4-8-17-15(12)13/h3-8,14,16,18H,2,9-11H2,1H3. The van der Waals surface area contributed by atoms with Crippen molar-refractivity contribution in [1.82, 2.24) is 10.3 Å². The molecule has 1 aromatic carbocycles. The average molecular weight is 260 g/mol. The topological polar surface area (TPSA) is 54.4 Å². The minimum Gasteiger partial charge on any atom is -0.389 e. The van der Waals surface area contributed by atoms with Crippen LogP contribution in [0.1, 0.15) is 12.5 Å². The normalized spacial score (nSPS) is 12.7. The number of ether oxygens (including phenoxy) is 1. The average Bonchev–Trinajstić information content (AvgIpc) is 2.45. The number of benzene rings is 1. The summed E-state index contributed by atoms with van der Waals surface area (Å²) in [6.45, 7) is 4.13. The molecule has 0 aliphatic rings. The van der Waals surface area contributed by atoms with E-state index in [1.807, 2.05) is 19.1 Å². The lowest BCUT2D eigenvalue weighted by Gasteiger charge is -2.12. The lowest BCUT2D eigenvalue weighted by atomic mass is 10.1. The molecule has 0 radical (unpaired) electrons. The van der Waals surface area contributed by atoms with E-state index < -0.39 is 6.10 Å². The predicted molar refractivity (Wildman–Crippen MR) is 75.9 cm³/mol. The molecule has 4 nitrogen and oxygen atoms in total. The number of hydrogen-bond acceptors (Lipinski definition) is 4. The number of rotatable bonds is 7. The van der Waals surface area contributed by atoms with E-state index in [9.17, 15) is 5.11 Å². The lowest BCUT2D eigenvalue weighted by Crippen LogP contribution is -2.30. The molecule has 0 amide bonds. The number of aliphatic hydroxyl groups is 1. The Balaban J connectivity index is 1.91. The first kappa shape index (κ1) is 13.9. The zero-order valence-electron chi connectivity index (χ0n) is 11.2. The van der Waals surface area contributed by atoms with Gasteiger partial charge in [0.25, 0.3) is 0 Å². The molecule has 0 aliphatic heterocycles. The zero-order valence-corrected chi connectivity index (χ0v) is 11.2. The third-order valence-corrected chi connectivity index (χ3v) is 2.93. The molecule has 2 rings (SSSR count). The van der Waals surface area contributed by atoms with Gasteiger partial charge in [-0.2, -0.15) is 0 Å². The smallest absolute Gasteiger partial charge is 0.0897 e. The number of hydrogen-bond donors (Lipinski definition) is 2. The van der Waals surface area contributed by atoms with Crippen LogP contribution in [-0.2, 0) is 11.3 Å². The Morgan fingerprint density at radius 1 is 1.32 bits per heavy atom. The first-order chi connectivity index (χ1) is 9.31. The van der Waals surface area contributed by atoms with Crippen LogP contribution in [0.25, 0.3) is 10.9 Å². The molecule has 0 saturated carbocycles. The molecule has 102 valence electrons. The highest BCUT2D eigenvalue weighted by atomic mass is 16.5. The second-order valence-corrected chi connectivity index (χ2v) is 4.44. The van der Waals surface area contributed by atoms with Crippen LogP contribution in [0.5, 0.6) is 0 Å². The molecule has 1 unspecified atom stereocenters. The highest BCUT2D eigenvalue weighted by Crippen LogP contribution is 2.15. The Bertz CT molecular complexity index is 511. The van der Waals surface area contributed by atoms with Gasteiger partial charge >= 0.3 is 0 Å². The number of pyridine rings is 1. The Morgan fingerprint density at radius 3 is 3.00 bits per heavy atom. The minimum atomic E-state index is -0.470. The zero-order chi connectivity index (χ0) is 13.5. The summed E-state index contributed by atoms with van der Waals surface area (Å²) >= 11 is 0. The summed E-state index contributed by atoms with van der Waals surface area (Å²) in [7, 11) is 0. The van der Waals surface area contributed by atoms with E-state index in [2.05, 4.69) is 28.5 Å². The Hall–Kier alpha value is -1.49. The van der Waals surface area contributed by atoms with Gasteiger partial charge in [0.1, 0.15) is 0 Å². The van der Waals surface area contributed by atoms with Crippen molar-refractivity contribution < 1.29 is 9.84 Å². The molecule has 0 fully saturated rings. The van der Waals surface area contributed by atoms with Crippen molar-refractivity contribution in [1.29, 1.82) is 0 Å². The monoisotopic (exact) mass is 260 g/mol. The van der Waals surface area contributed by atoms with Gasteiger partial charge in [0, 0.05) is 31.3 Å². The van der Waals surface area contributed by atoms with Crippen molar-refractivity contribution in [2.75, 3.05) is 19.8 Å². The largest absolute Gasteiger partial charge is 0.389 e. The maximum absolute atomic E-state index is 9.67. The van der Waals surface area contributed by atoms with Crippen molar-refractivity contribution >= 4 is 10.9 Å². The molecule has 0 bridgehead atoms. The van der Waals surface area contributed by atoms with Gasteiger partial charge in [-0.15, -0.1) is 0 Å². The van der Waals surface area contributed by atoms with Crippen LogP contribution >= 0.6 is 0 Å². The lowest BCUT2D eigenvalue weighted by molar-refractivity contribution is 0.0427. The number of nitrogens with one attached hydrogen (secondary N) is 1. The number of para-hydroxylation sites is 1. The quantitative estimate of drug-likeness (QED) is 0.796. The fraction of sp³-hybridized carbons (Fsp3) is 0.400. The number of nitrogens with zero attached hydrogens (tertiary/aromatic N) is 1. The van der Waals surface area contributed by atoms with Gasteiger partial charge < -0.3 is 15.2 Å². The Kier molecular flexibility index (Phi) is 5.27. The van der Waals surface area contributed by atoms with E-state index in [0.717, 1.165) is 16.5 Å². The van der Waals surface area contributed by atoms with Crippen LogP contribution in [0.3, 0.4) is 0 Å². The minimum absolute atomic E-state index is 0.372. The summed E-state index contributed by atoms with van der Waals surface area (Å²) in [6, 6.07) is 10.1. The van der Waals surface area contributed by atoms with E-state index in [-0.39, 0.29) is 0 Å². The van der Waals surface area contributed by atoms with Crippen molar-refractivity contribution in [3.8, 4) is 0 Å². The Morgan fingerprint density at radius 2 is 2.16 bits per heavy atom. The van der Waals surface area contributed by atoms with Gasteiger partial charge in [-0.05, 0) is 18.6 Å². The molecular weight excluding hydrogens is 240 g/mol. The summed E-state index contributed by atoms with van der Waals surface area (Å²) in [5, 5.41) is 14.0. The van der Waals surface area contributed by atoms with E-state index >= 15 is 0 Å². The highest BCUT2D eigenvalue weighted by molar-refractivity contribution is 5.81. The second-order valence-electron chi connectivity index (χ2n) is 4.44. The van der Waals surface area contributed by atoms with Gasteiger partial charge in [0.2, 0.25) is 0 Å². The molecule has 1 heterocycles. The van der Waals surface area contributed by atoms with Crippen molar-refractivity contribution in [3.63, 3.8) is 0 Å². The summed E-state index contributed by atoms with van der Waals surface area (Å²) in [6.07, 6.45) is 1.33. The molecule has 1 aromatic heterocycles. The van der Waals surface area contributed by atoms with E-state index in [4.69, 9.17) is 4.74 Å². The van der Waals surface area contributed by atoms with Gasteiger partial charge in [0.05, 0.1) is 18.2 Å². The van der Waals surface area contributed by atoms with Crippen LogP contribution in [-0.4, -0.2) is 36.0 Å². The van der Waals surface area contributed by atoms with Crippen molar-refractivity contribution in [2.45, 2.75) is 19.6 Å². The fourth-order valence-corrected chi connectivity index (χ4v) is 2.00. The highest BCUT2D eigenvalue weighted by Gasteiger charge is 2.05. The summed E-state index contributed by atoms with van der Waals surface area (Å²) in [5.41, 5.74) is 2.15. The maximum Gasteiger partial charge on any atom is 0.0897 e. The van der Waals surface area contributed by atoms with Gasteiger partial charge in [0.15, 0.2) is 0 Å². The van der Waals surface area contributed by atoms with Crippen molar-refractivity contribution in [2.24, 2.45) is 0 Å². The van der Waals surface area contributed by atoms with Crippen LogP contribution in [0, 0.1) is 0 Å². The number of aliphatic hydroxyl groups excluding tert-OH is 1. The van der Waals surface area contributed by atoms with Crippen LogP contribution in [0.15, 0.2) is 36.5 Å². The molecular formula is C15H20N2O2. The number of aromatic nitrogens is 1. The van der Waals surface area contributed by atoms with Gasteiger partial charge in [-0.25, -0.2) is 0 Å². The maximum atomic E-state index is 9.67. The number of fused-ring (bicyclic) bond motifs is 1. The molecule has 2 aromatic rings. The molecule has 4 heteroatoms.